The molecule has 0 bridgehead atoms. The van der Waals surface area contributed by atoms with E-state index in [4.69, 9.17) is 4.74 Å². The van der Waals surface area contributed by atoms with Crippen LogP contribution in [-0.2, 0) is 16.7 Å². The number of aromatic nitrogens is 2. The average molecular weight is 410 g/mol. The van der Waals surface area contributed by atoms with E-state index in [0.29, 0.717) is 17.9 Å². The molecule has 6 nitrogen and oxygen atoms in total. The summed E-state index contributed by atoms with van der Waals surface area (Å²) >= 11 is 0. The van der Waals surface area contributed by atoms with Crippen LogP contribution in [0.25, 0.3) is 11.4 Å². The Hall–Kier alpha value is -3.14. The second-order valence-electron chi connectivity index (χ2n) is 5.52. The lowest BCUT2D eigenvalue weighted by atomic mass is 10.2. The van der Waals surface area contributed by atoms with Gasteiger partial charge >= 0.3 is 15.6 Å². The fourth-order valence-corrected chi connectivity index (χ4v) is 2.57. The molecule has 0 amide bonds. The van der Waals surface area contributed by atoms with Gasteiger partial charge in [0.2, 0.25) is 0 Å². The summed E-state index contributed by atoms with van der Waals surface area (Å²) < 4.78 is 68.6. The van der Waals surface area contributed by atoms with E-state index in [2.05, 4.69) is 14.2 Å². The number of nitrogens with zero attached hydrogens (tertiary/aromatic N) is 2. The van der Waals surface area contributed by atoms with Gasteiger partial charge < -0.3 is 8.92 Å². The summed E-state index contributed by atoms with van der Waals surface area (Å²) in [5, 5.41) is 0. The first-order valence-corrected chi connectivity index (χ1v) is 9.25. The second-order valence-corrected chi connectivity index (χ2v) is 7.06. The number of alkyl halides is 3. The molecule has 10 heteroatoms. The lowest BCUT2D eigenvalue weighted by Gasteiger charge is -2.09. The maximum atomic E-state index is 12.3. The largest absolute Gasteiger partial charge is 0.534 e. The zero-order valence-corrected chi connectivity index (χ0v) is 14.9. The monoisotopic (exact) mass is 410 g/mol. The van der Waals surface area contributed by atoms with Crippen molar-refractivity contribution in [3.8, 4) is 22.9 Å². The first kappa shape index (κ1) is 19.6. The molecule has 1 aromatic heterocycles. The van der Waals surface area contributed by atoms with Gasteiger partial charge in [-0.05, 0) is 29.8 Å². The molecule has 146 valence electrons. The predicted octanol–water partition coefficient (Wildman–Crippen LogP) is 3.95. The smallest absolute Gasteiger partial charge is 0.486 e. The highest BCUT2D eigenvalue weighted by atomic mass is 32.2. The van der Waals surface area contributed by atoms with Gasteiger partial charge in [-0.25, -0.2) is 9.97 Å². The van der Waals surface area contributed by atoms with Crippen LogP contribution in [0.15, 0.2) is 67.0 Å². The van der Waals surface area contributed by atoms with Crippen molar-refractivity contribution < 1.29 is 30.5 Å². The molecule has 0 atom stereocenters. The minimum absolute atomic E-state index is 0.289. The van der Waals surface area contributed by atoms with E-state index in [1.54, 1.807) is 0 Å². The zero-order valence-electron chi connectivity index (χ0n) is 14.1. The van der Waals surface area contributed by atoms with Crippen molar-refractivity contribution >= 4 is 10.1 Å². The molecule has 0 unspecified atom stereocenters. The van der Waals surface area contributed by atoms with Crippen LogP contribution in [0.4, 0.5) is 13.2 Å². The van der Waals surface area contributed by atoms with Gasteiger partial charge in [0.15, 0.2) is 11.6 Å². The number of halogens is 3. The Morgan fingerprint density at radius 1 is 0.857 bits per heavy atom. The fraction of sp³-hybridized carbons (Fsp3) is 0.111. The Morgan fingerprint density at radius 3 is 2.04 bits per heavy atom. The highest BCUT2D eigenvalue weighted by Gasteiger charge is 2.48. The fourth-order valence-electron chi connectivity index (χ4n) is 2.11. The Balaban J connectivity index is 1.65. The third-order valence-corrected chi connectivity index (χ3v) is 4.46. The standard InChI is InChI=1S/C18H13F3N2O4S/c19-18(20,21)28(24,25)27-15-8-6-14(7-9-15)17-22-10-16(11-23-17)26-12-13-4-2-1-3-5-13/h1-11H,12H2. The molecule has 1 heterocycles. The minimum atomic E-state index is -5.71. The van der Waals surface area contributed by atoms with Crippen molar-refractivity contribution in [2.45, 2.75) is 12.1 Å². The van der Waals surface area contributed by atoms with Crippen molar-refractivity contribution in [2.75, 3.05) is 0 Å². The molecule has 0 N–H and O–H groups in total. The maximum absolute atomic E-state index is 12.3. The second kappa shape index (κ2) is 7.85. The number of rotatable bonds is 6. The Morgan fingerprint density at radius 2 is 1.46 bits per heavy atom. The van der Waals surface area contributed by atoms with E-state index in [-0.39, 0.29) is 5.82 Å². The lowest BCUT2D eigenvalue weighted by molar-refractivity contribution is -0.0500. The average Bonchev–Trinajstić information content (AvgIpc) is 2.67. The summed E-state index contributed by atoms with van der Waals surface area (Å²) in [4.78, 5) is 8.26. The van der Waals surface area contributed by atoms with Crippen molar-refractivity contribution in [2.24, 2.45) is 0 Å². The molecule has 0 saturated heterocycles. The van der Waals surface area contributed by atoms with Crippen LogP contribution in [0.1, 0.15) is 5.56 Å². The summed E-state index contributed by atoms with van der Waals surface area (Å²) in [6.45, 7) is 0.350. The number of ether oxygens (including phenoxy) is 1. The van der Waals surface area contributed by atoms with Gasteiger partial charge in [0, 0.05) is 5.56 Å². The third kappa shape index (κ3) is 4.77. The molecular formula is C18H13F3N2O4S. The van der Waals surface area contributed by atoms with Gasteiger partial charge in [0.05, 0.1) is 12.4 Å². The molecular weight excluding hydrogens is 397 g/mol. The van der Waals surface area contributed by atoms with E-state index in [9.17, 15) is 21.6 Å². The number of hydrogen-bond donors (Lipinski definition) is 0. The van der Waals surface area contributed by atoms with Gasteiger partial charge in [0.1, 0.15) is 12.4 Å². The van der Waals surface area contributed by atoms with Crippen LogP contribution in [0, 0.1) is 0 Å². The van der Waals surface area contributed by atoms with E-state index in [1.807, 2.05) is 30.3 Å². The summed E-state index contributed by atoms with van der Waals surface area (Å²) in [6, 6.07) is 14.4. The van der Waals surface area contributed by atoms with Gasteiger partial charge in [0.25, 0.3) is 0 Å². The Labute approximate surface area is 158 Å². The van der Waals surface area contributed by atoms with Crippen molar-refractivity contribution in [1.82, 2.24) is 9.97 Å². The molecule has 2 aromatic carbocycles. The molecule has 0 radical (unpaired) electrons. The number of benzene rings is 2. The maximum Gasteiger partial charge on any atom is 0.534 e. The topological polar surface area (TPSA) is 78.4 Å². The van der Waals surface area contributed by atoms with Crippen LogP contribution >= 0.6 is 0 Å². The van der Waals surface area contributed by atoms with Crippen molar-refractivity contribution in [1.29, 1.82) is 0 Å². The summed E-state index contributed by atoms with van der Waals surface area (Å²) in [5.41, 5.74) is -4.05. The quantitative estimate of drug-likeness (QED) is 0.452. The third-order valence-electron chi connectivity index (χ3n) is 3.48. The van der Waals surface area contributed by atoms with Gasteiger partial charge in [-0.1, -0.05) is 30.3 Å². The normalized spacial score (nSPS) is 11.8. The molecule has 3 rings (SSSR count). The van der Waals surface area contributed by atoms with Gasteiger partial charge in [-0.2, -0.15) is 21.6 Å². The van der Waals surface area contributed by atoms with E-state index < -0.39 is 21.4 Å². The lowest BCUT2D eigenvalue weighted by Crippen LogP contribution is -2.28. The van der Waals surface area contributed by atoms with Crippen LogP contribution in [0.3, 0.4) is 0 Å². The molecule has 0 spiro atoms. The van der Waals surface area contributed by atoms with Crippen LogP contribution in [0.5, 0.6) is 11.5 Å². The van der Waals surface area contributed by atoms with Gasteiger partial charge in [-0.15, -0.1) is 0 Å². The number of hydrogen-bond acceptors (Lipinski definition) is 6. The van der Waals surface area contributed by atoms with Crippen LogP contribution in [0.2, 0.25) is 0 Å². The van der Waals surface area contributed by atoms with E-state index in [0.717, 1.165) is 17.7 Å². The zero-order chi connectivity index (χ0) is 20.2. The highest BCUT2D eigenvalue weighted by Crippen LogP contribution is 2.28. The Kier molecular flexibility index (Phi) is 5.50. The van der Waals surface area contributed by atoms with Crippen molar-refractivity contribution in [3.05, 3.63) is 72.6 Å². The molecule has 3 aromatic rings. The SMILES string of the molecule is O=S(=O)(Oc1ccc(-c2ncc(OCc3ccccc3)cn2)cc1)C(F)(F)F. The van der Waals surface area contributed by atoms with Gasteiger partial charge in [-0.3, -0.25) is 0 Å². The molecule has 0 aliphatic carbocycles. The molecule has 0 aliphatic rings. The van der Waals surface area contributed by atoms with E-state index in [1.165, 1.54) is 24.5 Å². The summed E-state index contributed by atoms with van der Waals surface area (Å²) in [6.07, 6.45) is 2.92. The molecule has 0 aliphatic heterocycles. The predicted molar refractivity (Wildman–Crippen MR) is 93.8 cm³/mol. The first-order valence-electron chi connectivity index (χ1n) is 7.84. The molecule has 0 fully saturated rings. The van der Waals surface area contributed by atoms with Crippen LogP contribution < -0.4 is 8.92 Å². The van der Waals surface area contributed by atoms with Crippen molar-refractivity contribution in [3.63, 3.8) is 0 Å². The summed E-state index contributed by atoms with van der Waals surface area (Å²) in [7, 11) is -5.71. The Bertz CT molecular complexity index is 1020. The highest BCUT2D eigenvalue weighted by molar-refractivity contribution is 7.88. The van der Waals surface area contributed by atoms with Crippen LogP contribution in [-0.4, -0.2) is 23.9 Å². The molecule has 0 saturated carbocycles. The van der Waals surface area contributed by atoms with E-state index >= 15 is 0 Å². The molecule has 28 heavy (non-hydrogen) atoms. The minimum Gasteiger partial charge on any atom is -0.486 e. The first-order chi connectivity index (χ1) is 13.2. The summed E-state index contributed by atoms with van der Waals surface area (Å²) in [5.74, 6) is 0.269.